The first-order valence-electron chi connectivity index (χ1n) is 8.90. The molecule has 0 radical (unpaired) electrons. The van der Waals surface area contributed by atoms with E-state index >= 15 is 0 Å². The Bertz CT molecular complexity index is 341. The second-order valence-corrected chi connectivity index (χ2v) is 6.65. The quantitative estimate of drug-likeness (QED) is 0.294. The van der Waals surface area contributed by atoms with Crippen molar-refractivity contribution >= 4 is 18.6 Å². The molecule has 1 aliphatic rings. The number of carbonyl (C=O) groups is 1. The summed E-state index contributed by atoms with van der Waals surface area (Å²) in [7, 11) is 0. The standard InChI is InChI=1S/C18H32O3S/c1-2-3-4-5-6-7-8-9-10-11-12-15(14-22)16-13-17(19)21-18(16)20/h13,15,18,20,22H,2-12,14H2,1H3. The minimum absolute atomic E-state index is 0.152. The zero-order valence-electron chi connectivity index (χ0n) is 13.9. The average Bonchev–Trinajstić information content (AvgIpc) is 2.83. The first-order valence-corrected chi connectivity index (χ1v) is 9.53. The molecule has 4 heteroatoms. The molecule has 1 aliphatic heterocycles. The van der Waals surface area contributed by atoms with Crippen molar-refractivity contribution in [2.24, 2.45) is 5.92 Å². The fourth-order valence-corrected chi connectivity index (χ4v) is 3.37. The van der Waals surface area contributed by atoms with Crippen molar-refractivity contribution in [1.82, 2.24) is 0 Å². The molecule has 0 spiro atoms. The summed E-state index contributed by atoms with van der Waals surface area (Å²) in [5.41, 5.74) is 0.705. The molecule has 0 aromatic carbocycles. The van der Waals surface area contributed by atoms with Gasteiger partial charge in [0, 0.05) is 11.6 Å². The van der Waals surface area contributed by atoms with E-state index in [-0.39, 0.29) is 5.92 Å². The molecule has 22 heavy (non-hydrogen) atoms. The van der Waals surface area contributed by atoms with Crippen LogP contribution in [0, 0.1) is 5.92 Å². The number of hydrogen-bond donors (Lipinski definition) is 2. The summed E-state index contributed by atoms with van der Waals surface area (Å²) in [5.74, 6) is 0.368. The largest absolute Gasteiger partial charge is 0.429 e. The van der Waals surface area contributed by atoms with Crippen molar-refractivity contribution in [3.63, 3.8) is 0 Å². The van der Waals surface area contributed by atoms with E-state index in [0.29, 0.717) is 11.3 Å². The van der Waals surface area contributed by atoms with Gasteiger partial charge >= 0.3 is 5.97 Å². The molecular weight excluding hydrogens is 296 g/mol. The molecule has 0 bridgehead atoms. The van der Waals surface area contributed by atoms with Crippen LogP contribution in [0.5, 0.6) is 0 Å². The van der Waals surface area contributed by atoms with E-state index in [1.165, 1.54) is 63.9 Å². The van der Waals surface area contributed by atoms with Gasteiger partial charge in [-0.2, -0.15) is 12.6 Å². The first-order chi connectivity index (χ1) is 10.7. The van der Waals surface area contributed by atoms with Crippen molar-refractivity contribution in [3.8, 4) is 0 Å². The summed E-state index contributed by atoms with van der Waals surface area (Å²) in [6, 6.07) is 0. The minimum Gasteiger partial charge on any atom is -0.429 e. The van der Waals surface area contributed by atoms with Crippen molar-refractivity contribution in [1.29, 1.82) is 0 Å². The second kappa shape index (κ2) is 12.0. The number of carbonyl (C=O) groups excluding carboxylic acids is 1. The van der Waals surface area contributed by atoms with Crippen LogP contribution in [-0.4, -0.2) is 23.1 Å². The molecule has 2 atom stereocenters. The van der Waals surface area contributed by atoms with Gasteiger partial charge in [-0.3, -0.25) is 0 Å². The molecule has 0 aliphatic carbocycles. The highest BCUT2D eigenvalue weighted by Gasteiger charge is 2.29. The third-order valence-corrected chi connectivity index (χ3v) is 4.84. The molecule has 3 nitrogen and oxygen atoms in total. The number of aliphatic hydroxyl groups excluding tert-OH is 1. The fourth-order valence-electron chi connectivity index (χ4n) is 2.98. The number of esters is 1. The smallest absolute Gasteiger partial charge is 0.333 e. The van der Waals surface area contributed by atoms with Crippen LogP contribution < -0.4 is 0 Å². The van der Waals surface area contributed by atoms with Gasteiger partial charge in [0.2, 0.25) is 6.29 Å². The summed E-state index contributed by atoms with van der Waals surface area (Å²) in [5, 5.41) is 9.68. The Labute approximate surface area is 140 Å². The van der Waals surface area contributed by atoms with Gasteiger partial charge < -0.3 is 9.84 Å². The molecular formula is C18H32O3S. The van der Waals surface area contributed by atoms with Gasteiger partial charge in [-0.25, -0.2) is 4.79 Å². The Morgan fingerprint density at radius 1 is 1.09 bits per heavy atom. The summed E-state index contributed by atoms with van der Waals surface area (Å²) < 4.78 is 4.75. The molecule has 1 heterocycles. The lowest BCUT2D eigenvalue weighted by Crippen LogP contribution is -2.17. The molecule has 0 amide bonds. The van der Waals surface area contributed by atoms with Gasteiger partial charge in [-0.05, 0) is 18.1 Å². The SMILES string of the molecule is CCCCCCCCCCCCC(CS)C1=CC(=O)OC1O. The van der Waals surface area contributed by atoms with Gasteiger partial charge in [-0.15, -0.1) is 0 Å². The van der Waals surface area contributed by atoms with E-state index in [2.05, 4.69) is 19.6 Å². The zero-order valence-corrected chi connectivity index (χ0v) is 14.8. The third-order valence-electron chi connectivity index (χ3n) is 4.40. The van der Waals surface area contributed by atoms with Gasteiger partial charge in [-0.1, -0.05) is 71.1 Å². The summed E-state index contributed by atoms with van der Waals surface area (Å²) >= 11 is 4.34. The highest BCUT2D eigenvalue weighted by molar-refractivity contribution is 7.80. The maximum absolute atomic E-state index is 11.1. The molecule has 128 valence electrons. The Hall–Kier alpha value is -0.480. The van der Waals surface area contributed by atoms with Gasteiger partial charge in [0.05, 0.1) is 0 Å². The molecule has 0 fully saturated rings. The van der Waals surface area contributed by atoms with Crippen molar-refractivity contribution < 1.29 is 14.6 Å². The number of ether oxygens (including phenoxy) is 1. The van der Waals surface area contributed by atoms with E-state index in [9.17, 15) is 9.90 Å². The third kappa shape index (κ3) is 7.68. The van der Waals surface area contributed by atoms with Crippen LogP contribution in [0.3, 0.4) is 0 Å². The van der Waals surface area contributed by atoms with Crippen LogP contribution in [-0.2, 0) is 9.53 Å². The topological polar surface area (TPSA) is 46.5 Å². The average molecular weight is 329 g/mol. The molecule has 0 saturated heterocycles. The number of rotatable bonds is 13. The van der Waals surface area contributed by atoms with Crippen LogP contribution in [0.1, 0.15) is 77.6 Å². The van der Waals surface area contributed by atoms with Crippen LogP contribution in [0.4, 0.5) is 0 Å². The summed E-state index contributed by atoms with van der Waals surface area (Å²) in [4.78, 5) is 11.1. The Kier molecular flexibility index (Phi) is 10.7. The number of aliphatic hydroxyl groups is 1. The van der Waals surface area contributed by atoms with E-state index in [1.807, 2.05) is 0 Å². The van der Waals surface area contributed by atoms with Gasteiger partial charge in [0.25, 0.3) is 0 Å². The highest BCUT2D eigenvalue weighted by Crippen LogP contribution is 2.27. The molecule has 0 saturated carbocycles. The number of hydrogen-bond acceptors (Lipinski definition) is 4. The maximum Gasteiger partial charge on any atom is 0.333 e. The monoisotopic (exact) mass is 328 g/mol. The van der Waals surface area contributed by atoms with Crippen molar-refractivity contribution in [2.75, 3.05) is 5.75 Å². The van der Waals surface area contributed by atoms with E-state index in [4.69, 9.17) is 4.74 Å². The Morgan fingerprint density at radius 2 is 1.64 bits per heavy atom. The normalized spacial score (nSPS) is 19.1. The Balaban J connectivity index is 2.03. The predicted octanol–water partition coefficient (Wildman–Crippen LogP) is 4.65. The maximum atomic E-state index is 11.1. The van der Waals surface area contributed by atoms with Crippen LogP contribution in [0.2, 0.25) is 0 Å². The van der Waals surface area contributed by atoms with Crippen molar-refractivity contribution in [2.45, 2.75) is 83.8 Å². The van der Waals surface area contributed by atoms with Gasteiger partial charge in [0.1, 0.15) is 0 Å². The van der Waals surface area contributed by atoms with E-state index in [0.717, 1.165) is 12.8 Å². The fraction of sp³-hybridized carbons (Fsp3) is 0.833. The molecule has 0 aromatic heterocycles. The number of cyclic esters (lactones) is 1. The minimum atomic E-state index is -1.05. The van der Waals surface area contributed by atoms with Gasteiger partial charge in [0.15, 0.2) is 0 Å². The summed E-state index contributed by atoms with van der Waals surface area (Å²) in [6.45, 7) is 2.25. The lowest BCUT2D eigenvalue weighted by atomic mass is 9.94. The first kappa shape index (κ1) is 19.6. The predicted molar refractivity (Wildman–Crippen MR) is 94.0 cm³/mol. The van der Waals surface area contributed by atoms with Crippen LogP contribution >= 0.6 is 12.6 Å². The van der Waals surface area contributed by atoms with Crippen LogP contribution in [0.15, 0.2) is 11.6 Å². The lowest BCUT2D eigenvalue weighted by molar-refractivity contribution is -0.151. The summed E-state index contributed by atoms with van der Waals surface area (Å²) in [6.07, 6.45) is 14.5. The highest BCUT2D eigenvalue weighted by atomic mass is 32.1. The lowest BCUT2D eigenvalue weighted by Gasteiger charge is -2.17. The molecule has 1 N–H and O–H groups in total. The van der Waals surface area contributed by atoms with E-state index < -0.39 is 12.3 Å². The number of thiol groups is 1. The Morgan fingerprint density at radius 3 is 2.09 bits per heavy atom. The van der Waals surface area contributed by atoms with Crippen molar-refractivity contribution in [3.05, 3.63) is 11.6 Å². The molecule has 0 aromatic rings. The molecule has 2 unspecified atom stereocenters. The molecule has 1 rings (SSSR count). The van der Waals surface area contributed by atoms with Crippen LogP contribution in [0.25, 0.3) is 0 Å². The zero-order chi connectivity index (χ0) is 16.2. The number of unbranched alkanes of at least 4 members (excludes halogenated alkanes) is 9. The second-order valence-electron chi connectivity index (χ2n) is 6.28. The van der Waals surface area contributed by atoms with E-state index in [1.54, 1.807) is 0 Å².